The van der Waals surface area contributed by atoms with Crippen LogP contribution in [0, 0.1) is 0 Å². The molecular formula is C24H25N3O4. The molecule has 0 aromatic heterocycles. The summed E-state index contributed by atoms with van der Waals surface area (Å²) in [6.07, 6.45) is -0.385. The molecule has 0 aliphatic carbocycles. The van der Waals surface area contributed by atoms with Gasteiger partial charge in [-0.3, -0.25) is 15.6 Å². The summed E-state index contributed by atoms with van der Waals surface area (Å²) in [7, 11) is 1.59. The molecule has 7 nitrogen and oxygen atoms in total. The molecular weight excluding hydrogens is 394 g/mol. The molecule has 0 fully saturated rings. The van der Waals surface area contributed by atoms with Crippen molar-refractivity contribution in [3.63, 3.8) is 0 Å². The van der Waals surface area contributed by atoms with E-state index in [0.717, 1.165) is 16.8 Å². The molecule has 160 valence electrons. The Morgan fingerprint density at radius 3 is 2.13 bits per heavy atom. The second kappa shape index (κ2) is 11.3. The molecule has 0 radical (unpaired) electrons. The molecule has 3 N–H and O–H groups in total. The van der Waals surface area contributed by atoms with Crippen molar-refractivity contribution in [2.24, 2.45) is 0 Å². The molecule has 0 saturated heterocycles. The van der Waals surface area contributed by atoms with Crippen LogP contribution in [0.5, 0.6) is 5.75 Å². The van der Waals surface area contributed by atoms with Gasteiger partial charge in [-0.15, -0.1) is 0 Å². The van der Waals surface area contributed by atoms with E-state index in [4.69, 9.17) is 9.47 Å². The second-order valence-corrected chi connectivity index (χ2v) is 6.79. The predicted octanol–water partition coefficient (Wildman–Crippen LogP) is 3.68. The number of rotatable bonds is 9. The number of amides is 2. The Balaban J connectivity index is 1.63. The van der Waals surface area contributed by atoms with E-state index in [-0.39, 0.29) is 13.0 Å². The van der Waals surface area contributed by atoms with Crippen molar-refractivity contribution < 1.29 is 19.1 Å². The van der Waals surface area contributed by atoms with Gasteiger partial charge in [-0.05, 0) is 35.4 Å². The Morgan fingerprint density at radius 1 is 0.839 bits per heavy atom. The maximum Gasteiger partial charge on any atom is 0.408 e. The molecule has 3 aromatic rings. The lowest BCUT2D eigenvalue weighted by atomic mass is 10.1. The van der Waals surface area contributed by atoms with Crippen molar-refractivity contribution in [3.05, 3.63) is 96.1 Å². The second-order valence-electron chi connectivity index (χ2n) is 6.79. The van der Waals surface area contributed by atoms with Crippen LogP contribution < -0.4 is 20.9 Å². The Labute approximate surface area is 181 Å². The molecule has 0 spiro atoms. The first kappa shape index (κ1) is 21.7. The number of hydrogen-bond donors (Lipinski definition) is 3. The van der Waals surface area contributed by atoms with Crippen LogP contribution in [-0.4, -0.2) is 25.2 Å². The van der Waals surface area contributed by atoms with Gasteiger partial charge in [0.15, 0.2) is 0 Å². The minimum atomic E-state index is -0.840. The average Bonchev–Trinajstić information content (AvgIpc) is 2.82. The van der Waals surface area contributed by atoms with E-state index in [1.165, 1.54) is 0 Å². The van der Waals surface area contributed by atoms with Crippen LogP contribution in [0.3, 0.4) is 0 Å². The van der Waals surface area contributed by atoms with E-state index in [1.54, 1.807) is 19.2 Å². The number of anilines is 1. The summed E-state index contributed by atoms with van der Waals surface area (Å²) in [6, 6.07) is 25.0. The number of carbonyl (C=O) groups is 2. The van der Waals surface area contributed by atoms with Crippen LogP contribution >= 0.6 is 0 Å². The van der Waals surface area contributed by atoms with Crippen LogP contribution in [-0.2, 0) is 22.6 Å². The largest absolute Gasteiger partial charge is 0.497 e. The molecule has 0 heterocycles. The van der Waals surface area contributed by atoms with Gasteiger partial charge in [0.1, 0.15) is 18.4 Å². The van der Waals surface area contributed by atoms with Crippen LogP contribution in [0.25, 0.3) is 0 Å². The number of ether oxygens (including phenoxy) is 2. The van der Waals surface area contributed by atoms with Gasteiger partial charge in [0.2, 0.25) is 0 Å². The number of nitrogens with one attached hydrogen (secondary N) is 3. The van der Waals surface area contributed by atoms with E-state index < -0.39 is 18.0 Å². The molecule has 2 amide bonds. The monoisotopic (exact) mass is 419 g/mol. The molecule has 0 saturated carbocycles. The van der Waals surface area contributed by atoms with Crippen molar-refractivity contribution >= 4 is 17.7 Å². The van der Waals surface area contributed by atoms with Crippen LogP contribution in [0.2, 0.25) is 0 Å². The zero-order chi connectivity index (χ0) is 21.9. The van der Waals surface area contributed by atoms with E-state index in [2.05, 4.69) is 16.2 Å². The fraction of sp³-hybridized carbons (Fsp3) is 0.167. The average molecular weight is 419 g/mol. The third kappa shape index (κ3) is 7.08. The first-order valence-electron chi connectivity index (χ1n) is 9.85. The first-order chi connectivity index (χ1) is 15.1. The molecule has 3 aromatic carbocycles. The third-order valence-electron chi connectivity index (χ3n) is 4.52. The lowest BCUT2D eigenvalue weighted by Crippen LogP contribution is -2.49. The van der Waals surface area contributed by atoms with Gasteiger partial charge in [-0.2, -0.15) is 0 Å². The summed E-state index contributed by atoms with van der Waals surface area (Å²) in [5.41, 5.74) is 7.94. The highest BCUT2D eigenvalue weighted by molar-refractivity contribution is 5.86. The molecule has 0 aliphatic rings. The highest BCUT2D eigenvalue weighted by Gasteiger charge is 2.22. The summed E-state index contributed by atoms with van der Waals surface area (Å²) in [4.78, 5) is 25.1. The smallest absolute Gasteiger partial charge is 0.408 e. The summed E-state index contributed by atoms with van der Waals surface area (Å²) in [5.74, 6) is 0.321. The minimum Gasteiger partial charge on any atom is -0.497 e. The number of hydrazine groups is 1. The normalized spacial score (nSPS) is 11.1. The Bertz CT molecular complexity index is 963. The molecule has 0 aliphatic heterocycles. The quantitative estimate of drug-likeness (QED) is 0.461. The minimum absolute atomic E-state index is 0.117. The van der Waals surface area contributed by atoms with Gasteiger partial charge in [0.25, 0.3) is 5.91 Å². The molecule has 1 atom stereocenters. The van der Waals surface area contributed by atoms with Crippen molar-refractivity contribution in [3.8, 4) is 5.75 Å². The summed E-state index contributed by atoms with van der Waals surface area (Å²) in [5, 5.41) is 2.66. The van der Waals surface area contributed by atoms with E-state index in [9.17, 15) is 9.59 Å². The standard InChI is InChI=1S/C24H25N3O4/c1-30-21-14-12-18(13-15-21)16-22(23(28)27-26-20-10-6-3-7-11-20)25-24(29)31-17-19-8-4-2-5-9-19/h2-15,22,26H,16-17H2,1H3,(H,25,29)(H,27,28). The summed E-state index contributed by atoms with van der Waals surface area (Å²) in [6.45, 7) is 0.117. The zero-order valence-electron chi connectivity index (χ0n) is 17.2. The van der Waals surface area contributed by atoms with Gasteiger partial charge in [0.05, 0.1) is 12.8 Å². The Kier molecular flexibility index (Phi) is 7.88. The highest BCUT2D eigenvalue weighted by atomic mass is 16.5. The highest BCUT2D eigenvalue weighted by Crippen LogP contribution is 2.13. The number of para-hydroxylation sites is 1. The predicted molar refractivity (Wildman–Crippen MR) is 118 cm³/mol. The van der Waals surface area contributed by atoms with Gasteiger partial charge >= 0.3 is 6.09 Å². The molecule has 7 heteroatoms. The fourth-order valence-electron chi connectivity index (χ4n) is 2.86. The third-order valence-corrected chi connectivity index (χ3v) is 4.52. The van der Waals surface area contributed by atoms with Crippen molar-refractivity contribution in [2.75, 3.05) is 12.5 Å². The maximum absolute atomic E-state index is 12.8. The SMILES string of the molecule is COc1ccc(CC(NC(=O)OCc2ccccc2)C(=O)NNc2ccccc2)cc1. The number of carbonyl (C=O) groups excluding carboxylic acids is 2. The van der Waals surface area contributed by atoms with Crippen molar-refractivity contribution in [2.45, 2.75) is 19.1 Å². The number of methoxy groups -OCH3 is 1. The molecule has 3 rings (SSSR count). The van der Waals surface area contributed by atoms with Gasteiger partial charge in [-0.25, -0.2) is 4.79 Å². The van der Waals surface area contributed by atoms with Gasteiger partial charge < -0.3 is 14.8 Å². The number of benzene rings is 3. The fourth-order valence-corrected chi connectivity index (χ4v) is 2.86. The van der Waals surface area contributed by atoms with Crippen molar-refractivity contribution in [1.82, 2.24) is 10.7 Å². The zero-order valence-corrected chi connectivity index (χ0v) is 17.2. The van der Waals surface area contributed by atoms with Gasteiger partial charge in [-0.1, -0.05) is 60.7 Å². The van der Waals surface area contributed by atoms with Crippen LogP contribution in [0.4, 0.5) is 10.5 Å². The Hall–Kier alpha value is -4.00. The van der Waals surface area contributed by atoms with Crippen molar-refractivity contribution in [1.29, 1.82) is 0 Å². The first-order valence-corrected chi connectivity index (χ1v) is 9.85. The van der Waals surface area contributed by atoms with Crippen LogP contribution in [0.1, 0.15) is 11.1 Å². The van der Waals surface area contributed by atoms with E-state index in [0.29, 0.717) is 5.75 Å². The lowest BCUT2D eigenvalue weighted by molar-refractivity contribution is -0.122. The Morgan fingerprint density at radius 2 is 1.48 bits per heavy atom. The van der Waals surface area contributed by atoms with E-state index >= 15 is 0 Å². The lowest BCUT2D eigenvalue weighted by Gasteiger charge is -2.19. The number of hydrogen-bond acceptors (Lipinski definition) is 5. The molecule has 1 unspecified atom stereocenters. The molecule has 0 bridgehead atoms. The van der Waals surface area contributed by atoms with E-state index in [1.807, 2.05) is 72.8 Å². The van der Waals surface area contributed by atoms with Gasteiger partial charge in [0, 0.05) is 6.42 Å². The summed E-state index contributed by atoms with van der Waals surface area (Å²) < 4.78 is 10.4. The number of alkyl carbamates (subject to hydrolysis) is 1. The maximum atomic E-state index is 12.8. The summed E-state index contributed by atoms with van der Waals surface area (Å²) >= 11 is 0. The van der Waals surface area contributed by atoms with Crippen LogP contribution in [0.15, 0.2) is 84.9 Å². The topological polar surface area (TPSA) is 88.7 Å². The molecule has 31 heavy (non-hydrogen) atoms.